The van der Waals surface area contributed by atoms with Gasteiger partial charge in [0.05, 0.1) is 5.56 Å². The van der Waals surface area contributed by atoms with Gasteiger partial charge in [-0.25, -0.2) is 0 Å². The van der Waals surface area contributed by atoms with Crippen LogP contribution in [0.15, 0.2) is 30.6 Å². The normalized spacial score (nSPS) is 12.2. The van der Waals surface area contributed by atoms with Gasteiger partial charge in [-0.05, 0) is 6.07 Å². The molecule has 3 rings (SSSR count). The molecule has 2 aromatic rings. The Balaban J connectivity index is 2.11. The molecule has 0 amide bonds. The minimum absolute atomic E-state index is 0.143. The Labute approximate surface area is 114 Å². The zero-order valence-corrected chi connectivity index (χ0v) is 10.4. The number of nitriles is 1. The monoisotopic (exact) mass is 270 g/mol. The number of carbonyl (C=O) groups is 1. The maximum atomic E-state index is 10.8. The molecule has 1 aliphatic heterocycles. The Morgan fingerprint density at radius 1 is 1.35 bits per heavy atom. The summed E-state index contributed by atoms with van der Waals surface area (Å²) in [5.74, 6) is 0.239. The molecule has 2 heterocycles. The number of rotatable bonds is 3. The minimum Gasteiger partial charge on any atom is -0.480 e. The molecule has 0 spiro atoms. The van der Waals surface area contributed by atoms with Crippen LogP contribution in [0, 0.1) is 11.3 Å². The predicted molar refractivity (Wildman–Crippen MR) is 68.3 cm³/mol. The summed E-state index contributed by atoms with van der Waals surface area (Å²) in [6, 6.07) is 7.47. The van der Waals surface area contributed by atoms with Gasteiger partial charge in [0.15, 0.2) is 11.5 Å². The van der Waals surface area contributed by atoms with Gasteiger partial charge >= 0.3 is 5.97 Å². The number of carboxylic acid groups (broad SMARTS) is 1. The number of aliphatic carboxylic acids is 1. The average Bonchev–Trinajstić information content (AvgIpc) is 3.03. The smallest absolute Gasteiger partial charge is 0.323 e. The summed E-state index contributed by atoms with van der Waals surface area (Å²) in [5, 5.41) is 18.0. The lowest BCUT2D eigenvalue weighted by Crippen LogP contribution is -2.06. The number of fused-ring (bicyclic) bond motifs is 1. The molecule has 0 fully saturated rings. The van der Waals surface area contributed by atoms with Crippen molar-refractivity contribution in [3.63, 3.8) is 0 Å². The van der Waals surface area contributed by atoms with Gasteiger partial charge in [-0.3, -0.25) is 4.79 Å². The number of aromatic nitrogens is 1. The van der Waals surface area contributed by atoms with E-state index in [1.54, 1.807) is 18.3 Å². The fourth-order valence-electron chi connectivity index (χ4n) is 2.20. The van der Waals surface area contributed by atoms with E-state index in [0.717, 1.165) is 5.56 Å². The average molecular weight is 270 g/mol. The van der Waals surface area contributed by atoms with E-state index < -0.39 is 5.97 Å². The third-order valence-electron chi connectivity index (χ3n) is 3.01. The molecule has 6 heteroatoms. The first-order valence-corrected chi connectivity index (χ1v) is 5.89. The summed E-state index contributed by atoms with van der Waals surface area (Å²) in [4.78, 5) is 10.8. The maximum absolute atomic E-state index is 10.8. The molecule has 0 bridgehead atoms. The number of benzene rings is 1. The van der Waals surface area contributed by atoms with E-state index in [0.29, 0.717) is 22.6 Å². The van der Waals surface area contributed by atoms with Crippen LogP contribution >= 0.6 is 0 Å². The van der Waals surface area contributed by atoms with Crippen molar-refractivity contribution in [2.45, 2.75) is 6.54 Å². The zero-order chi connectivity index (χ0) is 14.1. The number of para-hydroxylation sites is 1. The first-order chi connectivity index (χ1) is 9.69. The summed E-state index contributed by atoms with van der Waals surface area (Å²) in [6.45, 7) is -0.0505. The van der Waals surface area contributed by atoms with Crippen molar-refractivity contribution in [1.29, 1.82) is 5.26 Å². The van der Waals surface area contributed by atoms with Gasteiger partial charge < -0.3 is 19.1 Å². The fraction of sp³-hybridized carbons (Fsp3) is 0.143. The molecule has 1 N–H and O–H groups in total. The van der Waals surface area contributed by atoms with E-state index in [-0.39, 0.29) is 13.3 Å². The van der Waals surface area contributed by atoms with E-state index in [1.165, 1.54) is 10.8 Å². The van der Waals surface area contributed by atoms with Crippen LogP contribution in [-0.4, -0.2) is 22.4 Å². The highest BCUT2D eigenvalue weighted by Gasteiger charge is 2.21. The molecule has 1 aromatic heterocycles. The molecule has 0 unspecified atom stereocenters. The van der Waals surface area contributed by atoms with Gasteiger partial charge in [-0.15, -0.1) is 0 Å². The van der Waals surface area contributed by atoms with Crippen molar-refractivity contribution in [3.05, 3.63) is 36.2 Å². The predicted octanol–water partition coefficient (Wildman–Crippen LogP) is 1.84. The number of hydrogen-bond acceptors (Lipinski definition) is 4. The largest absolute Gasteiger partial charge is 0.480 e. The summed E-state index contributed by atoms with van der Waals surface area (Å²) in [7, 11) is 0. The standard InChI is InChI=1S/C14H10N2O4/c15-4-9-5-16(7-13(17)18)6-11(9)10-2-1-3-12-14(10)20-8-19-12/h1-3,5-6H,7-8H2,(H,17,18). The van der Waals surface area contributed by atoms with Crippen molar-refractivity contribution in [3.8, 4) is 28.7 Å². The fourth-order valence-corrected chi connectivity index (χ4v) is 2.20. The second-order valence-corrected chi connectivity index (χ2v) is 4.30. The van der Waals surface area contributed by atoms with Crippen molar-refractivity contribution < 1.29 is 19.4 Å². The molecular formula is C14H10N2O4. The van der Waals surface area contributed by atoms with Crippen LogP contribution in [0.1, 0.15) is 5.56 Å². The van der Waals surface area contributed by atoms with E-state index in [9.17, 15) is 10.1 Å². The molecule has 100 valence electrons. The topological polar surface area (TPSA) is 84.5 Å². The summed E-state index contributed by atoms with van der Waals surface area (Å²) >= 11 is 0. The first-order valence-electron chi connectivity index (χ1n) is 5.89. The zero-order valence-electron chi connectivity index (χ0n) is 10.4. The number of nitrogens with zero attached hydrogens (tertiary/aromatic N) is 2. The van der Waals surface area contributed by atoms with Crippen molar-refractivity contribution >= 4 is 5.97 Å². The quantitative estimate of drug-likeness (QED) is 0.919. The number of carboxylic acids is 1. The Kier molecular flexibility index (Phi) is 2.80. The molecule has 1 aliphatic rings. The van der Waals surface area contributed by atoms with Gasteiger partial charge in [0.25, 0.3) is 0 Å². The molecule has 0 aliphatic carbocycles. The highest BCUT2D eigenvalue weighted by molar-refractivity contribution is 5.78. The molecule has 0 saturated heterocycles. The maximum Gasteiger partial charge on any atom is 0.323 e. The second kappa shape index (κ2) is 4.63. The number of ether oxygens (including phenoxy) is 2. The van der Waals surface area contributed by atoms with E-state index in [2.05, 4.69) is 6.07 Å². The van der Waals surface area contributed by atoms with Crippen LogP contribution in [0.3, 0.4) is 0 Å². The van der Waals surface area contributed by atoms with E-state index >= 15 is 0 Å². The van der Waals surface area contributed by atoms with Crippen molar-refractivity contribution in [2.75, 3.05) is 6.79 Å². The van der Waals surface area contributed by atoms with E-state index in [4.69, 9.17) is 14.6 Å². The highest BCUT2D eigenvalue weighted by atomic mass is 16.7. The summed E-state index contributed by atoms with van der Waals surface area (Å²) < 4.78 is 12.2. The van der Waals surface area contributed by atoms with Crippen LogP contribution in [0.25, 0.3) is 11.1 Å². The van der Waals surface area contributed by atoms with Gasteiger partial charge in [0, 0.05) is 23.5 Å². The van der Waals surface area contributed by atoms with Gasteiger partial charge in [0.1, 0.15) is 12.6 Å². The number of hydrogen-bond donors (Lipinski definition) is 1. The minimum atomic E-state index is -0.964. The Bertz CT molecular complexity index is 727. The molecule has 20 heavy (non-hydrogen) atoms. The van der Waals surface area contributed by atoms with E-state index in [1.807, 2.05) is 6.07 Å². The molecule has 6 nitrogen and oxygen atoms in total. The molecule has 0 atom stereocenters. The second-order valence-electron chi connectivity index (χ2n) is 4.30. The van der Waals surface area contributed by atoms with Crippen LogP contribution in [0.4, 0.5) is 0 Å². The third kappa shape index (κ3) is 1.95. The van der Waals surface area contributed by atoms with Crippen LogP contribution < -0.4 is 9.47 Å². The van der Waals surface area contributed by atoms with Gasteiger partial charge in [-0.1, -0.05) is 12.1 Å². The van der Waals surface area contributed by atoms with Crippen molar-refractivity contribution in [2.24, 2.45) is 0 Å². The van der Waals surface area contributed by atoms with Crippen LogP contribution in [0.2, 0.25) is 0 Å². The summed E-state index contributed by atoms with van der Waals surface area (Å²) in [6.07, 6.45) is 3.14. The van der Waals surface area contributed by atoms with Crippen molar-refractivity contribution in [1.82, 2.24) is 4.57 Å². The van der Waals surface area contributed by atoms with Crippen LogP contribution in [-0.2, 0) is 11.3 Å². The lowest BCUT2D eigenvalue weighted by molar-refractivity contribution is -0.137. The lowest BCUT2D eigenvalue weighted by Gasteiger charge is -2.04. The molecule has 0 saturated carbocycles. The first kappa shape index (κ1) is 12.1. The Morgan fingerprint density at radius 3 is 2.95 bits per heavy atom. The van der Waals surface area contributed by atoms with Gasteiger partial charge in [-0.2, -0.15) is 5.26 Å². The van der Waals surface area contributed by atoms with Gasteiger partial charge in [0.2, 0.25) is 6.79 Å². The molecule has 1 aromatic carbocycles. The molecular weight excluding hydrogens is 260 g/mol. The Morgan fingerprint density at radius 2 is 2.20 bits per heavy atom. The lowest BCUT2D eigenvalue weighted by atomic mass is 10.0. The SMILES string of the molecule is N#Cc1cn(CC(=O)O)cc1-c1cccc2c1OCO2. The van der Waals surface area contributed by atoms with Crippen LogP contribution in [0.5, 0.6) is 11.5 Å². The molecule has 0 radical (unpaired) electrons. The Hall–Kier alpha value is -2.94. The third-order valence-corrected chi connectivity index (χ3v) is 3.01. The highest BCUT2D eigenvalue weighted by Crippen LogP contribution is 2.42. The summed E-state index contributed by atoms with van der Waals surface area (Å²) in [5.41, 5.74) is 1.76.